The average Bonchev–Trinajstić information content (AvgIpc) is 2.43. The first-order chi connectivity index (χ1) is 8.62. The van der Waals surface area contributed by atoms with Gasteiger partial charge in [-0.1, -0.05) is 0 Å². The number of amides is 1. The number of hydrogen-bond acceptors (Lipinski definition) is 4. The van der Waals surface area contributed by atoms with Crippen LogP contribution < -0.4 is 4.74 Å². The normalized spacial score (nSPS) is 10.5. The molecule has 0 saturated heterocycles. The van der Waals surface area contributed by atoms with Crippen LogP contribution in [-0.2, 0) is 9.47 Å². The molecule has 0 bridgehead atoms. The molecule has 1 amide bonds. The fraction of sp³-hybridized carbons (Fsp3) is 0.462. The van der Waals surface area contributed by atoms with Gasteiger partial charge in [-0.2, -0.15) is 0 Å². The molecule has 0 spiro atoms. The molecule has 0 saturated carbocycles. The minimum absolute atomic E-state index is 0.0863. The lowest BCUT2D eigenvalue weighted by Crippen LogP contribution is -2.36. The third-order valence-corrected chi connectivity index (χ3v) is 2.63. The number of likely N-dealkylation sites (N-methyl/N-ethyl adjacent to an activating group) is 1. The van der Waals surface area contributed by atoms with Gasteiger partial charge >= 0.3 is 0 Å². The van der Waals surface area contributed by atoms with Crippen LogP contribution in [0, 0.1) is 0 Å². The summed E-state index contributed by atoms with van der Waals surface area (Å²) in [7, 11) is 6.38. The molecule has 1 rings (SSSR count). The Morgan fingerprint density at radius 2 is 1.72 bits per heavy atom. The van der Waals surface area contributed by atoms with Gasteiger partial charge in [-0.15, -0.1) is 0 Å². The molecule has 0 aromatic heterocycles. The number of benzene rings is 1. The van der Waals surface area contributed by atoms with E-state index in [9.17, 15) is 4.79 Å². The van der Waals surface area contributed by atoms with Crippen LogP contribution in [0.2, 0.25) is 0 Å². The Hall–Kier alpha value is -1.59. The summed E-state index contributed by atoms with van der Waals surface area (Å²) in [4.78, 5) is 13.6. The van der Waals surface area contributed by atoms with Crippen molar-refractivity contribution in [3.05, 3.63) is 29.8 Å². The van der Waals surface area contributed by atoms with E-state index in [0.29, 0.717) is 12.1 Å². The predicted molar refractivity (Wildman–Crippen MR) is 67.8 cm³/mol. The van der Waals surface area contributed by atoms with Crippen molar-refractivity contribution in [2.75, 3.05) is 34.9 Å². The van der Waals surface area contributed by atoms with Gasteiger partial charge in [-0.3, -0.25) is 4.79 Å². The van der Waals surface area contributed by atoms with Gasteiger partial charge in [0.1, 0.15) is 5.75 Å². The van der Waals surface area contributed by atoms with E-state index >= 15 is 0 Å². The highest BCUT2D eigenvalue weighted by Gasteiger charge is 2.16. The van der Waals surface area contributed by atoms with E-state index in [2.05, 4.69) is 0 Å². The first kappa shape index (κ1) is 14.5. The molecule has 0 fully saturated rings. The smallest absolute Gasteiger partial charge is 0.253 e. The minimum Gasteiger partial charge on any atom is -0.497 e. The van der Waals surface area contributed by atoms with Gasteiger partial charge in [-0.25, -0.2) is 0 Å². The molecule has 5 heteroatoms. The molecule has 0 radical (unpaired) electrons. The summed E-state index contributed by atoms with van der Waals surface area (Å²) in [5.74, 6) is 0.637. The number of ether oxygens (including phenoxy) is 3. The molecule has 18 heavy (non-hydrogen) atoms. The number of rotatable bonds is 6. The summed E-state index contributed by atoms with van der Waals surface area (Å²) in [6.07, 6.45) is -0.419. The predicted octanol–water partition coefficient (Wildman–Crippen LogP) is 1.39. The standard InChI is InChI=1S/C13H19NO4/c1-14(9-12(17-3)18-4)13(15)10-5-7-11(16-2)8-6-10/h5-8,12H,9H2,1-4H3. The van der Waals surface area contributed by atoms with E-state index in [4.69, 9.17) is 14.2 Å². The Morgan fingerprint density at radius 3 is 2.17 bits per heavy atom. The van der Waals surface area contributed by atoms with Crippen molar-refractivity contribution < 1.29 is 19.0 Å². The molecular formula is C13H19NO4. The van der Waals surface area contributed by atoms with Gasteiger partial charge in [0.15, 0.2) is 6.29 Å². The zero-order valence-corrected chi connectivity index (χ0v) is 11.2. The maximum atomic E-state index is 12.1. The molecule has 0 unspecified atom stereocenters. The second-order valence-electron chi connectivity index (χ2n) is 3.82. The minimum atomic E-state index is -0.419. The SMILES string of the molecule is COc1ccc(C(=O)N(C)CC(OC)OC)cc1. The summed E-state index contributed by atoms with van der Waals surface area (Å²) in [5.41, 5.74) is 0.601. The van der Waals surface area contributed by atoms with Crippen LogP contribution in [0.25, 0.3) is 0 Å². The van der Waals surface area contributed by atoms with Crippen LogP contribution in [0.4, 0.5) is 0 Å². The zero-order valence-electron chi connectivity index (χ0n) is 11.2. The van der Waals surface area contributed by atoms with Crippen LogP contribution >= 0.6 is 0 Å². The second-order valence-corrected chi connectivity index (χ2v) is 3.82. The lowest BCUT2D eigenvalue weighted by atomic mass is 10.2. The van der Waals surface area contributed by atoms with Crippen molar-refractivity contribution in [2.45, 2.75) is 6.29 Å². The first-order valence-electron chi connectivity index (χ1n) is 5.57. The maximum absolute atomic E-state index is 12.1. The van der Waals surface area contributed by atoms with Crippen molar-refractivity contribution in [3.63, 3.8) is 0 Å². The molecule has 1 aromatic rings. The zero-order chi connectivity index (χ0) is 13.5. The van der Waals surface area contributed by atoms with Gasteiger partial charge in [-0.05, 0) is 24.3 Å². The lowest BCUT2D eigenvalue weighted by Gasteiger charge is -2.22. The van der Waals surface area contributed by atoms with Crippen LogP contribution in [0.15, 0.2) is 24.3 Å². The number of carbonyl (C=O) groups excluding carboxylic acids is 1. The summed E-state index contributed by atoms with van der Waals surface area (Å²) < 4.78 is 15.2. The number of methoxy groups -OCH3 is 3. The Labute approximate surface area is 107 Å². The molecule has 0 N–H and O–H groups in total. The Bertz CT molecular complexity index is 373. The Morgan fingerprint density at radius 1 is 1.17 bits per heavy atom. The molecule has 5 nitrogen and oxygen atoms in total. The van der Waals surface area contributed by atoms with Crippen molar-refractivity contribution in [1.82, 2.24) is 4.90 Å². The number of nitrogens with zero attached hydrogens (tertiary/aromatic N) is 1. The Balaban J connectivity index is 2.67. The van der Waals surface area contributed by atoms with Gasteiger partial charge in [0.2, 0.25) is 0 Å². The topological polar surface area (TPSA) is 48.0 Å². The van der Waals surface area contributed by atoms with E-state index in [1.54, 1.807) is 57.5 Å². The molecule has 0 aliphatic carbocycles. The van der Waals surface area contributed by atoms with E-state index < -0.39 is 6.29 Å². The largest absolute Gasteiger partial charge is 0.497 e. The highest BCUT2D eigenvalue weighted by Crippen LogP contribution is 2.13. The number of hydrogen-bond donors (Lipinski definition) is 0. The first-order valence-corrected chi connectivity index (χ1v) is 5.57. The lowest BCUT2D eigenvalue weighted by molar-refractivity contribution is -0.110. The highest BCUT2D eigenvalue weighted by atomic mass is 16.7. The van der Waals surface area contributed by atoms with Crippen LogP contribution in [-0.4, -0.2) is 52.0 Å². The maximum Gasteiger partial charge on any atom is 0.253 e. The number of carbonyl (C=O) groups is 1. The quantitative estimate of drug-likeness (QED) is 0.719. The Kier molecular flexibility index (Phi) is 5.61. The summed E-state index contributed by atoms with van der Waals surface area (Å²) in [6.45, 7) is 0.373. The second kappa shape index (κ2) is 6.98. The fourth-order valence-electron chi connectivity index (χ4n) is 1.51. The van der Waals surface area contributed by atoms with Gasteiger partial charge in [0.05, 0.1) is 13.7 Å². The van der Waals surface area contributed by atoms with Gasteiger partial charge in [0.25, 0.3) is 5.91 Å². The molecule has 0 heterocycles. The summed E-state index contributed by atoms with van der Waals surface area (Å²) in [6, 6.07) is 6.97. The van der Waals surface area contributed by atoms with E-state index in [1.165, 1.54) is 0 Å². The van der Waals surface area contributed by atoms with Crippen molar-refractivity contribution >= 4 is 5.91 Å². The van der Waals surface area contributed by atoms with Crippen LogP contribution in [0.1, 0.15) is 10.4 Å². The summed E-state index contributed by atoms with van der Waals surface area (Å²) >= 11 is 0. The molecule has 0 atom stereocenters. The van der Waals surface area contributed by atoms with E-state index in [1.807, 2.05) is 0 Å². The molecule has 100 valence electrons. The highest BCUT2D eigenvalue weighted by molar-refractivity contribution is 5.94. The molecular weight excluding hydrogens is 234 g/mol. The summed E-state index contributed by atoms with van der Waals surface area (Å²) in [5, 5.41) is 0. The third kappa shape index (κ3) is 3.72. The van der Waals surface area contributed by atoms with Crippen molar-refractivity contribution in [2.24, 2.45) is 0 Å². The molecule has 0 aliphatic heterocycles. The third-order valence-electron chi connectivity index (χ3n) is 2.63. The molecule has 0 aliphatic rings. The van der Waals surface area contributed by atoms with Gasteiger partial charge < -0.3 is 19.1 Å². The van der Waals surface area contributed by atoms with Gasteiger partial charge in [0, 0.05) is 26.8 Å². The molecule has 1 aromatic carbocycles. The van der Waals surface area contributed by atoms with Crippen molar-refractivity contribution in [3.8, 4) is 5.75 Å². The monoisotopic (exact) mass is 253 g/mol. The van der Waals surface area contributed by atoms with Crippen LogP contribution in [0.3, 0.4) is 0 Å². The fourth-order valence-corrected chi connectivity index (χ4v) is 1.51. The van der Waals surface area contributed by atoms with Crippen LogP contribution in [0.5, 0.6) is 5.75 Å². The van der Waals surface area contributed by atoms with E-state index in [0.717, 1.165) is 5.75 Å². The van der Waals surface area contributed by atoms with Crippen molar-refractivity contribution in [1.29, 1.82) is 0 Å². The average molecular weight is 253 g/mol. The van der Waals surface area contributed by atoms with E-state index in [-0.39, 0.29) is 5.91 Å².